The normalized spacial score (nSPS) is 14.7. The van der Waals surface area contributed by atoms with E-state index < -0.39 is 12.0 Å². The van der Waals surface area contributed by atoms with Gasteiger partial charge in [-0.2, -0.15) is 0 Å². The fourth-order valence-corrected chi connectivity index (χ4v) is 3.62. The van der Waals surface area contributed by atoms with Crippen LogP contribution in [-0.2, 0) is 20.7 Å². The van der Waals surface area contributed by atoms with E-state index in [0.29, 0.717) is 18.6 Å². The van der Waals surface area contributed by atoms with Crippen LogP contribution in [0.15, 0.2) is 48.5 Å². The molecule has 152 valence electrons. The SMILES string of the molecule is COC(=O)[C@H](Cc1ccc(C2=CCOCC2)cc1)NC(=O)c1c(C)cccc1C. The zero-order chi connectivity index (χ0) is 20.8. The Bertz CT molecular complexity index is 895. The van der Waals surface area contributed by atoms with Gasteiger partial charge >= 0.3 is 5.97 Å². The number of nitrogens with one attached hydrogen (secondary N) is 1. The minimum absolute atomic E-state index is 0.264. The Morgan fingerprint density at radius 2 is 1.79 bits per heavy atom. The van der Waals surface area contributed by atoms with Gasteiger partial charge in [0, 0.05) is 12.0 Å². The molecule has 29 heavy (non-hydrogen) atoms. The molecule has 5 heteroatoms. The molecule has 0 fully saturated rings. The predicted octanol–water partition coefficient (Wildman–Crippen LogP) is 3.62. The van der Waals surface area contributed by atoms with Gasteiger partial charge in [0.2, 0.25) is 0 Å². The first kappa shape index (κ1) is 20.8. The lowest BCUT2D eigenvalue weighted by atomic mass is 9.97. The van der Waals surface area contributed by atoms with Gasteiger partial charge in [0.25, 0.3) is 5.91 Å². The van der Waals surface area contributed by atoms with E-state index in [1.165, 1.54) is 12.7 Å². The van der Waals surface area contributed by atoms with Crippen molar-refractivity contribution >= 4 is 17.4 Å². The molecule has 1 aliphatic heterocycles. The second-order valence-electron chi connectivity index (χ2n) is 7.27. The van der Waals surface area contributed by atoms with Crippen LogP contribution in [-0.4, -0.2) is 38.2 Å². The number of hydrogen-bond acceptors (Lipinski definition) is 4. The Balaban J connectivity index is 1.75. The maximum atomic E-state index is 12.8. The molecule has 0 radical (unpaired) electrons. The van der Waals surface area contributed by atoms with E-state index in [-0.39, 0.29) is 5.91 Å². The molecule has 0 aromatic heterocycles. The van der Waals surface area contributed by atoms with Crippen LogP contribution in [0.4, 0.5) is 0 Å². The van der Waals surface area contributed by atoms with E-state index >= 15 is 0 Å². The standard InChI is InChI=1S/C24H27NO4/c1-16-5-4-6-17(2)22(16)23(26)25-21(24(27)28-3)15-18-7-9-19(10-8-18)20-11-13-29-14-12-20/h4-11,21H,12-15H2,1-3H3,(H,25,26)/t21-/m0/s1. The molecule has 5 nitrogen and oxygen atoms in total. The summed E-state index contributed by atoms with van der Waals surface area (Å²) >= 11 is 0. The van der Waals surface area contributed by atoms with Crippen LogP contribution in [0, 0.1) is 13.8 Å². The highest BCUT2D eigenvalue weighted by molar-refractivity contribution is 5.99. The number of carbonyl (C=O) groups excluding carboxylic acids is 2. The third-order valence-corrected chi connectivity index (χ3v) is 5.23. The predicted molar refractivity (Wildman–Crippen MR) is 113 cm³/mol. The van der Waals surface area contributed by atoms with Gasteiger partial charge in [-0.1, -0.05) is 48.5 Å². The van der Waals surface area contributed by atoms with Gasteiger partial charge in [-0.25, -0.2) is 4.79 Å². The lowest BCUT2D eigenvalue weighted by Gasteiger charge is -2.19. The summed E-state index contributed by atoms with van der Waals surface area (Å²) in [5.74, 6) is -0.721. The van der Waals surface area contributed by atoms with Crippen molar-refractivity contribution in [3.63, 3.8) is 0 Å². The monoisotopic (exact) mass is 393 g/mol. The molecule has 1 aliphatic rings. The van der Waals surface area contributed by atoms with Crippen molar-refractivity contribution in [1.29, 1.82) is 0 Å². The molecule has 1 N–H and O–H groups in total. The van der Waals surface area contributed by atoms with Crippen LogP contribution in [0.25, 0.3) is 5.57 Å². The van der Waals surface area contributed by atoms with Gasteiger partial charge in [-0.3, -0.25) is 4.79 Å². The van der Waals surface area contributed by atoms with Crippen LogP contribution in [0.1, 0.15) is 39.0 Å². The Morgan fingerprint density at radius 1 is 1.10 bits per heavy atom. The molecule has 2 aromatic carbocycles. The zero-order valence-electron chi connectivity index (χ0n) is 17.2. The lowest BCUT2D eigenvalue weighted by Crippen LogP contribution is -2.43. The van der Waals surface area contributed by atoms with E-state index in [1.807, 2.05) is 56.3 Å². The van der Waals surface area contributed by atoms with Gasteiger partial charge in [0.15, 0.2) is 0 Å². The maximum absolute atomic E-state index is 12.8. The molecule has 0 bridgehead atoms. The average molecular weight is 393 g/mol. The Hall–Kier alpha value is -2.92. The summed E-state index contributed by atoms with van der Waals surface area (Å²) in [5.41, 5.74) is 5.74. The fourth-order valence-electron chi connectivity index (χ4n) is 3.62. The highest BCUT2D eigenvalue weighted by atomic mass is 16.5. The van der Waals surface area contributed by atoms with Crippen molar-refractivity contribution in [2.24, 2.45) is 0 Å². The van der Waals surface area contributed by atoms with Gasteiger partial charge in [0.05, 0.1) is 20.3 Å². The number of amides is 1. The van der Waals surface area contributed by atoms with Crippen LogP contribution in [0.3, 0.4) is 0 Å². The fraction of sp³-hybridized carbons (Fsp3) is 0.333. The molecule has 1 atom stereocenters. The van der Waals surface area contributed by atoms with Gasteiger partial charge in [-0.15, -0.1) is 0 Å². The first-order valence-corrected chi connectivity index (χ1v) is 9.80. The van der Waals surface area contributed by atoms with Crippen molar-refractivity contribution in [2.45, 2.75) is 32.7 Å². The summed E-state index contributed by atoms with van der Waals surface area (Å²) in [6.07, 6.45) is 3.36. The number of esters is 1. The summed E-state index contributed by atoms with van der Waals surface area (Å²) in [6, 6.07) is 13.0. The molecule has 1 heterocycles. The maximum Gasteiger partial charge on any atom is 0.328 e. The Kier molecular flexibility index (Phi) is 6.83. The van der Waals surface area contributed by atoms with Crippen LogP contribution in [0.5, 0.6) is 0 Å². The average Bonchev–Trinajstić information content (AvgIpc) is 2.73. The minimum Gasteiger partial charge on any atom is -0.467 e. The number of ether oxygens (including phenoxy) is 2. The molecule has 0 aliphatic carbocycles. The summed E-state index contributed by atoms with van der Waals surface area (Å²) in [5, 5.41) is 2.85. The van der Waals surface area contributed by atoms with E-state index in [4.69, 9.17) is 9.47 Å². The number of aryl methyl sites for hydroxylation is 2. The van der Waals surface area contributed by atoms with E-state index in [2.05, 4.69) is 11.4 Å². The summed E-state index contributed by atoms with van der Waals surface area (Å²) in [4.78, 5) is 25.1. The first-order valence-electron chi connectivity index (χ1n) is 9.80. The molecule has 0 unspecified atom stereocenters. The van der Waals surface area contributed by atoms with Crippen molar-refractivity contribution in [3.05, 3.63) is 76.4 Å². The molecule has 3 rings (SSSR count). The molecular formula is C24H27NO4. The molecule has 0 spiro atoms. The van der Waals surface area contributed by atoms with Gasteiger partial charge < -0.3 is 14.8 Å². The second-order valence-corrected chi connectivity index (χ2v) is 7.27. The summed E-state index contributed by atoms with van der Waals surface area (Å²) < 4.78 is 10.3. The van der Waals surface area contributed by atoms with Crippen LogP contribution in [0.2, 0.25) is 0 Å². The Morgan fingerprint density at radius 3 is 2.38 bits per heavy atom. The van der Waals surface area contributed by atoms with Crippen molar-refractivity contribution in [2.75, 3.05) is 20.3 Å². The number of carbonyl (C=O) groups is 2. The number of hydrogen-bond donors (Lipinski definition) is 1. The topological polar surface area (TPSA) is 64.6 Å². The third kappa shape index (κ3) is 5.12. The lowest BCUT2D eigenvalue weighted by molar-refractivity contribution is -0.142. The highest BCUT2D eigenvalue weighted by Crippen LogP contribution is 2.22. The second kappa shape index (κ2) is 9.52. The van der Waals surface area contributed by atoms with Crippen molar-refractivity contribution in [3.8, 4) is 0 Å². The van der Waals surface area contributed by atoms with Gasteiger partial charge in [-0.05, 0) is 48.1 Å². The van der Waals surface area contributed by atoms with E-state index in [9.17, 15) is 9.59 Å². The first-order chi connectivity index (χ1) is 14.0. The van der Waals surface area contributed by atoms with Crippen LogP contribution >= 0.6 is 0 Å². The number of methoxy groups -OCH3 is 1. The van der Waals surface area contributed by atoms with E-state index in [1.54, 1.807) is 0 Å². The Labute approximate surface area is 171 Å². The smallest absolute Gasteiger partial charge is 0.328 e. The highest BCUT2D eigenvalue weighted by Gasteiger charge is 2.24. The largest absolute Gasteiger partial charge is 0.467 e. The van der Waals surface area contributed by atoms with Crippen LogP contribution < -0.4 is 5.32 Å². The quantitative estimate of drug-likeness (QED) is 0.762. The van der Waals surface area contributed by atoms with E-state index in [0.717, 1.165) is 35.3 Å². The summed E-state index contributed by atoms with van der Waals surface area (Å²) in [7, 11) is 1.33. The number of benzene rings is 2. The summed E-state index contributed by atoms with van der Waals surface area (Å²) in [6.45, 7) is 5.16. The molecule has 1 amide bonds. The minimum atomic E-state index is -0.750. The van der Waals surface area contributed by atoms with Gasteiger partial charge in [0.1, 0.15) is 6.04 Å². The molecule has 2 aromatic rings. The van der Waals surface area contributed by atoms with Crippen molar-refractivity contribution in [1.82, 2.24) is 5.32 Å². The molecular weight excluding hydrogens is 366 g/mol. The van der Waals surface area contributed by atoms with Crippen molar-refractivity contribution < 1.29 is 19.1 Å². The molecule has 0 saturated heterocycles. The third-order valence-electron chi connectivity index (χ3n) is 5.23. The molecule has 0 saturated carbocycles. The zero-order valence-corrected chi connectivity index (χ0v) is 17.2. The number of rotatable bonds is 6.